The van der Waals surface area contributed by atoms with E-state index in [9.17, 15) is 9.90 Å². The van der Waals surface area contributed by atoms with E-state index in [1.54, 1.807) is 12.1 Å². The van der Waals surface area contributed by atoms with Crippen molar-refractivity contribution in [3.63, 3.8) is 0 Å². The SMILES string of the molecule is C=C(/C=C\C=C/C)CCCOC(=O)Cc1ccc(O)c(OC)c1. The Morgan fingerprint density at radius 3 is 2.83 bits per heavy atom. The second kappa shape index (κ2) is 10.3. The van der Waals surface area contributed by atoms with Gasteiger partial charge < -0.3 is 14.6 Å². The second-order valence-corrected chi connectivity index (χ2v) is 5.05. The molecule has 4 nitrogen and oxygen atoms in total. The third-order valence-electron chi connectivity index (χ3n) is 3.13. The topological polar surface area (TPSA) is 55.8 Å². The van der Waals surface area contributed by atoms with Crippen LogP contribution in [-0.2, 0) is 16.0 Å². The molecule has 1 aromatic rings. The molecule has 0 bridgehead atoms. The van der Waals surface area contributed by atoms with E-state index < -0.39 is 0 Å². The quantitative estimate of drug-likeness (QED) is 0.426. The molecule has 0 amide bonds. The number of aromatic hydroxyl groups is 1. The third kappa shape index (κ3) is 7.36. The number of carbonyl (C=O) groups excluding carboxylic acids is 1. The molecule has 0 heterocycles. The van der Waals surface area contributed by atoms with Gasteiger partial charge >= 0.3 is 5.97 Å². The Hall–Kier alpha value is -2.49. The summed E-state index contributed by atoms with van der Waals surface area (Å²) in [6.45, 7) is 6.26. The molecule has 0 radical (unpaired) electrons. The zero-order valence-corrected chi connectivity index (χ0v) is 13.7. The monoisotopic (exact) mass is 316 g/mol. The highest BCUT2D eigenvalue weighted by Crippen LogP contribution is 2.26. The minimum atomic E-state index is -0.298. The number of hydrogen-bond acceptors (Lipinski definition) is 4. The van der Waals surface area contributed by atoms with Crippen LogP contribution < -0.4 is 4.74 Å². The van der Waals surface area contributed by atoms with Crippen molar-refractivity contribution in [1.29, 1.82) is 0 Å². The first kappa shape index (κ1) is 18.6. The molecule has 0 fully saturated rings. The van der Waals surface area contributed by atoms with Crippen LogP contribution in [-0.4, -0.2) is 24.8 Å². The van der Waals surface area contributed by atoms with Crippen molar-refractivity contribution in [3.8, 4) is 11.5 Å². The minimum Gasteiger partial charge on any atom is -0.504 e. The number of esters is 1. The van der Waals surface area contributed by atoms with Gasteiger partial charge in [-0.1, -0.05) is 42.5 Å². The van der Waals surface area contributed by atoms with Crippen LogP contribution in [0.1, 0.15) is 25.3 Å². The maximum Gasteiger partial charge on any atom is 0.310 e. The largest absolute Gasteiger partial charge is 0.504 e. The lowest BCUT2D eigenvalue weighted by molar-refractivity contribution is -0.142. The number of benzene rings is 1. The predicted molar refractivity (Wildman–Crippen MR) is 91.6 cm³/mol. The lowest BCUT2D eigenvalue weighted by atomic mass is 10.1. The normalized spacial score (nSPS) is 11.0. The van der Waals surface area contributed by atoms with E-state index in [1.165, 1.54) is 13.2 Å². The number of phenolic OH excluding ortho intramolecular Hbond substituents is 1. The molecule has 23 heavy (non-hydrogen) atoms. The van der Waals surface area contributed by atoms with Crippen LogP contribution in [0.3, 0.4) is 0 Å². The van der Waals surface area contributed by atoms with Crippen LogP contribution in [0.15, 0.2) is 54.7 Å². The molecule has 0 spiro atoms. The van der Waals surface area contributed by atoms with E-state index in [1.807, 2.05) is 31.2 Å². The maximum atomic E-state index is 11.8. The van der Waals surface area contributed by atoms with Crippen molar-refractivity contribution in [1.82, 2.24) is 0 Å². The standard InChI is InChI=1S/C19H24O4/c1-4-5-6-8-15(2)9-7-12-23-19(21)14-16-10-11-17(20)18(13-16)22-3/h4-6,8,10-11,13,20H,2,7,9,12,14H2,1,3H3/b5-4-,8-6-. The summed E-state index contributed by atoms with van der Waals surface area (Å²) in [7, 11) is 1.47. The highest BCUT2D eigenvalue weighted by Gasteiger charge is 2.08. The molecule has 0 saturated heterocycles. The Morgan fingerprint density at radius 2 is 2.13 bits per heavy atom. The summed E-state index contributed by atoms with van der Waals surface area (Å²) in [6, 6.07) is 4.81. The van der Waals surface area contributed by atoms with Gasteiger partial charge in [0.2, 0.25) is 0 Å². The molecular formula is C19H24O4. The molecule has 0 aliphatic rings. The molecule has 1 N–H and O–H groups in total. The Bertz CT molecular complexity index is 585. The highest BCUT2D eigenvalue weighted by molar-refractivity contribution is 5.72. The fraction of sp³-hybridized carbons (Fsp3) is 0.316. The number of carbonyl (C=O) groups is 1. The van der Waals surface area contributed by atoms with Gasteiger partial charge in [-0.25, -0.2) is 0 Å². The van der Waals surface area contributed by atoms with Gasteiger partial charge in [0.25, 0.3) is 0 Å². The minimum absolute atomic E-state index is 0.0501. The average Bonchev–Trinajstić information content (AvgIpc) is 2.53. The maximum absolute atomic E-state index is 11.8. The number of methoxy groups -OCH3 is 1. The van der Waals surface area contributed by atoms with E-state index in [4.69, 9.17) is 9.47 Å². The summed E-state index contributed by atoms with van der Waals surface area (Å²) in [5.74, 6) is 0.0985. The first-order valence-corrected chi connectivity index (χ1v) is 7.55. The second-order valence-electron chi connectivity index (χ2n) is 5.05. The van der Waals surface area contributed by atoms with Crippen molar-refractivity contribution in [2.75, 3.05) is 13.7 Å². The lowest BCUT2D eigenvalue weighted by Crippen LogP contribution is -2.09. The zero-order valence-electron chi connectivity index (χ0n) is 13.7. The van der Waals surface area contributed by atoms with Crippen LogP contribution >= 0.6 is 0 Å². The van der Waals surface area contributed by atoms with E-state index in [0.717, 1.165) is 24.0 Å². The zero-order chi connectivity index (χ0) is 17.1. The summed E-state index contributed by atoms with van der Waals surface area (Å²) < 4.78 is 10.2. The summed E-state index contributed by atoms with van der Waals surface area (Å²) in [5.41, 5.74) is 1.74. The number of ether oxygens (including phenoxy) is 2. The van der Waals surface area contributed by atoms with Gasteiger partial charge in [0.1, 0.15) is 0 Å². The molecule has 1 aromatic carbocycles. The first-order chi connectivity index (χ1) is 11.1. The Morgan fingerprint density at radius 1 is 1.35 bits per heavy atom. The molecular weight excluding hydrogens is 292 g/mol. The van der Waals surface area contributed by atoms with Gasteiger partial charge in [-0.3, -0.25) is 4.79 Å². The van der Waals surface area contributed by atoms with Crippen molar-refractivity contribution in [2.24, 2.45) is 0 Å². The molecule has 124 valence electrons. The molecule has 0 unspecified atom stereocenters. The Balaban J connectivity index is 2.31. The number of phenols is 1. The van der Waals surface area contributed by atoms with Crippen molar-refractivity contribution >= 4 is 5.97 Å². The molecule has 0 aliphatic heterocycles. The molecule has 0 atom stereocenters. The number of rotatable bonds is 9. The van der Waals surface area contributed by atoms with Gasteiger partial charge in [-0.05, 0) is 37.5 Å². The summed E-state index contributed by atoms with van der Waals surface area (Å²) >= 11 is 0. The van der Waals surface area contributed by atoms with Crippen LogP contribution in [0.2, 0.25) is 0 Å². The van der Waals surface area contributed by atoms with E-state index in [0.29, 0.717) is 12.4 Å². The summed E-state index contributed by atoms with van der Waals surface area (Å²) in [5, 5.41) is 9.51. The fourth-order valence-electron chi connectivity index (χ4n) is 1.92. The lowest BCUT2D eigenvalue weighted by Gasteiger charge is -2.07. The Labute approximate surface area is 137 Å². The third-order valence-corrected chi connectivity index (χ3v) is 3.13. The van der Waals surface area contributed by atoms with Crippen LogP contribution in [0.25, 0.3) is 0 Å². The van der Waals surface area contributed by atoms with Gasteiger partial charge in [0, 0.05) is 0 Å². The highest BCUT2D eigenvalue weighted by atomic mass is 16.5. The summed E-state index contributed by atoms with van der Waals surface area (Å²) in [4.78, 5) is 11.8. The van der Waals surface area contributed by atoms with E-state index in [-0.39, 0.29) is 18.1 Å². The van der Waals surface area contributed by atoms with Crippen molar-refractivity contribution in [2.45, 2.75) is 26.2 Å². The molecule has 4 heteroatoms. The molecule has 1 rings (SSSR count). The van der Waals surface area contributed by atoms with Gasteiger partial charge in [-0.2, -0.15) is 0 Å². The summed E-state index contributed by atoms with van der Waals surface area (Å²) in [6.07, 6.45) is 9.45. The Kier molecular flexibility index (Phi) is 8.29. The van der Waals surface area contributed by atoms with Crippen LogP contribution in [0, 0.1) is 0 Å². The number of hydrogen-bond donors (Lipinski definition) is 1. The van der Waals surface area contributed by atoms with Crippen molar-refractivity contribution in [3.05, 3.63) is 60.2 Å². The molecule has 0 saturated carbocycles. The van der Waals surface area contributed by atoms with E-state index >= 15 is 0 Å². The predicted octanol–water partition coefficient (Wildman–Crippen LogP) is 3.96. The number of allylic oxidation sites excluding steroid dienone is 5. The van der Waals surface area contributed by atoms with Crippen molar-refractivity contribution < 1.29 is 19.4 Å². The van der Waals surface area contributed by atoms with E-state index in [2.05, 4.69) is 6.58 Å². The average molecular weight is 316 g/mol. The smallest absolute Gasteiger partial charge is 0.310 e. The van der Waals surface area contributed by atoms with Crippen LogP contribution in [0.5, 0.6) is 11.5 Å². The fourth-order valence-corrected chi connectivity index (χ4v) is 1.92. The molecule has 0 aliphatic carbocycles. The molecule has 0 aromatic heterocycles. The van der Waals surface area contributed by atoms with Gasteiger partial charge in [0.05, 0.1) is 20.1 Å². The van der Waals surface area contributed by atoms with Crippen LogP contribution in [0.4, 0.5) is 0 Å². The first-order valence-electron chi connectivity index (χ1n) is 7.55. The van der Waals surface area contributed by atoms with Gasteiger partial charge in [0.15, 0.2) is 11.5 Å². The van der Waals surface area contributed by atoms with Gasteiger partial charge in [-0.15, -0.1) is 0 Å².